The maximum atomic E-state index is 12.3. The Balaban J connectivity index is 3.08. The zero-order valence-corrected chi connectivity index (χ0v) is 11.2. The van der Waals surface area contributed by atoms with Crippen molar-refractivity contribution < 1.29 is 9.90 Å². The molecule has 0 aliphatic rings. The zero-order chi connectivity index (χ0) is 13.2. The molecule has 1 amide bonds. The van der Waals surface area contributed by atoms with Gasteiger partial charge in [0.2, 0.25) is 0 Å². The molecule has 1 aromatic rings. The highest BCUT2D eigenvalue weighted by Gasteiger charge is 2.28. The molecule has 94 valence electrons. The van der Waals surface area contributed by atoms with Gasteiger partial charge < -0.3 is 10.0 Å². The van der Waals surface area contributed by atoms with Gasteiger partial charge in [0.25, 0.3) is 5.91 Å². The number of benzene rings is 1. The van der Waals surface area contributed by atoms with Gasteiger partial charge in [-0.2, -0.15) is 0 Å². The van der Waals surface area contributed by atoms with E-state index in [0.717, 1.165) is 11.1 Å². The fourth-order valence-electron chi connectivity index (χ4n) is 1.53. The lowest BCUT2D eigenvalue weighted by molar-refractivity contribution is 0.0472. The molecule has 0 unspecified atom stereocenters. The van der Waals surface area contributed by atoms with Crippen molar-refractivity contribution in [3.8, 4) is 0 Å². The van der Waals surface area contributed by atoms with Crippen LogP contribution in [0.4, 0.5) is 0 Å². The summed E-state index contributed by atoms with van der Waals surface area (Å²) in [6.07, 6.45) is 0. The van der Waals surface area contributed by atoms with Crippen molar-refractivity contribution in [2.45, 2.75) is 33.2 Å². The third-order valence-corrected chi connectivity index (χ3v) is 3.22. The predicted molar refractivity (Wildman–Crippen MR) is 69.2 cm³/mol. The molecule has 0 fully saturated rings. The van der Waals surface area contributed by atoms with Gasteiger partial charge in [-0.1, -0.05) is 17.7 Å². The summed E-state index contributed by atoms with van der Waals surface area (Å²) in [7, 11) is 1.72. The highest BCUT2D eigenvalue weighted by Crippen LogP contribution is 2.18. The minimum atomic E-state index is -0.548. The second-order valence-corrected chi connectivity index (χ2v) is 5.15. The van der Waals surface area contributed by atoms with Crippen LogP contribution < -0.4 is 0 Å². The summed E-state index contributed by atoms with van der Waals surface area (Å²) in [5, 5.41) is 9.29. The Morgan fingerprint density at radius 1 is 1.35 bits per heavy atom. The molecule has 17 heavy (non-hydrogen) atoms. The Kier molecular flexibility index (Phi) is 3.94. The fourth-order valence-corrected chi connectivity index (χ4v) is 1.53. The van der Waals surface area contributed by atoms with E-state index in [1.54, 1.807) is 11.9 Å². The molecule has 0 spiro atoms. The molecule has 0 bridgehead atoms. The monoisotopic (exact) mass is 235 g/mol. The summed E-state index contributed by atoms with van der Waals surface area (Å²) in [5.74, 6) is -0.0507. The van der Waals surface area contributed by atoms with Crippen molar-refractivity contribution in [1.29, 1.82) is 0 Å². The molecule has 0 saturated heterocycles. The van der Waals surface area contributed by atoms with Crippen molar-refractivity contribution in [3.05, 3.63) is 34.9 Å². The fraction of sp³-hybridized carbons (Fsp3) is 0.500. The van der Waals surface area contributed by atoms with Gasteiger partial charge in [-0.3, -0.25) is 4.79 Å². The van der Waals surface area contributed by atoms with Crippen molar-refractivity contribution in [1.82, 2.24) is 4.90 Å². The average molecular weight is 235 g/mol. The van der Waals surface area contributed by atoms with Crippen molar-refractivity contribution >= 4 is 5.91 Å². The van der Waals surface area contributed by atoms with E-state index in [9.17, 15) is 9.90 Å². The first-order chi connectivity index (χ1) is 7.79. The van der Waals surface area contributed by atoms with Crippen LogP contribution in [0.15, 0.2) is 18.2 Å². The minimum Gasteiger partial charge on any atom is -0.394 e. The van der Waals surface area contributed by atoms with E-state index in [0.29, 0.717) is 5.56 Å². The lowest BCUT2D eigenvalue weighted by atomic mass is 10.0. The Bertz CT molecular complexity index is 424. The highest BCUT2D eigenvalue weighted by atomic mass is 16.3. The van der Waals surface area contributed by atoms with E-state index in [4.69, 9.17) is 0 Å². The summed E-state index contributed by atoms with van der Waals surface area (Å²) in [4.78, 5) is 13.9. The average Bonchev–Trinajstić information content (AvgIpc) is 2.30. The summed E-state index contributed by atoms with van der Waals surface area (Å²) in [6, 6.07) is 5.83. The molecule has 3 heteroatoms. The third kappa shape index (κ3) is 2.86. The van der Waals surface area contributed by atoms with Gasteiger partial charge in [-0.05, 0) is 39.3 Å². The summed E-state index contributed by atoms with van der Waals surface area (Å²) < 4.78 is 0. The maximum Gasteiger partial charge on any atom is 0.254 e. The largest absolute Gasteiger partial charge is 0.394 e. The number of amides is 1. The van der Waals surface area contributed by atoms with Crippen LogP contribution in [0.2, 0.25) is 0 Å². The Morgan fingerprint density at radius 3 is 2.47 bits per heavy atom. The van der Waals surface area contributed by atoms with Crippen LogP contribution in [0.5, 0.6) is 0 Å². The number of aryl methyl sites for hydroxylation is 2. The quantitative estimate of drug-likeness (QED) is 0.872. The van der Waals surface area contributed by atoms with Crippen molar-refractivity contribution in [3.63, 3.8) is 0 Å². The number of aliphatic hydroxyl groups excluding tert-OH is 1. The number of aliphatic hydroxyl groups is 1. The molecule has 1 N–H and O–H groups in total. The molecule has 0 saturated carbocycles. The number of rotatable bonds is 3. The molecular weight excluding hydrogens is 214 g/mol. The van der Waals surface area contributed by atoms with Crippen LogP contribution in [-0.2, 0) is 0 Å². The highest BCUT2D eigenvalue weighted by molar-refractivity contribution is 5.96. The Labute approximate surface area is 103 Å². The normalized spacial score (nSPS) is 11.4. The van der Waals surface area contributed by atoms with E-state index in [-0.39, 0.29) is 12.5 Å². The first-order valence-electron chi connectivity index (χ1n) is 5.76. The van der Waals surface area contributed by atoms with E-state index in [1.165, 1.54) is 0 Å². The van der Waals surface area contributed by atoms with Gasteiger partial charge in [0, 0.05) is 12.6 Å². The lowest BCUT2D eigenvalue weighted by Gasteiger charge is -2.34. The Morgan fingerprint density at radius 2 is 1.94 bits per heavy atom. The van der Waals surface area contributed by atoms with Crippen LogP contribution in [0, 0.1) is 13.8 Å². The number of nitrogens with zero attached hydrogens (tertiary/aromatic N) is 1. The predicted octanol–water partition coefficient (Wildman–Crippen LogP) is 2.15. The first kappa shape index (κ1) is 13.7. The van der Waals surface area contributed by atoms with Gasteiger partial charge in [-0.15, -0.1) is 0 Å². The molecule has 0 heterocycles. The van der Waals surface area contributed by atoms with Crippen molar-refractivity contribution in [2.75, 3.05) is 13.7 Å². The van der Waals surface area contributed by atoms with E-state index in [1.807, 2.05) is 45.9 Å². The van der Waals surface area contributed by atoms with E-state index < -0.39 is 5.54 Å². The smallest absolute Gasteiger partial charge is 0.254 e. The second kappa shape index (κ2) is 4.88. The van der Waals surface area contributed by atoms with E-state index in [2.05, 4.69) is 0 Å². The molecule has 0 aliphatic carbocycles. The SMILES string of the molecule is Cc1ccc(C)c(C(=O)N(C)C(C)(C)CO)c1. The molecule has 0 radical (unpaired) electrons. The van der Waals surface area contributed by atoms with Crippen LogP contribution >= 0.6 is 0 Å². The number of hydrogen-bond donors (Lipinski definition) is 1. The van der Waals surface area contributed by atoms with Gasteiger partial charge in [0.05, 0.1) is 12.1 Å². The van der Waals surface area contributed by atoms with Crippen LogP contribution in [0.1, 0.15) is 35.3 Å². The van der Waals surface area contributed by atoms with E-state index >= 15 is 0 Å². The first-order valence-corrected chi connectivity index (χ1v) is 5.76. The standard InChI is InChI=1S/C14H21NO2/c1-10-6-7-11(2)12(8-10)13(17)15(5)14(3,4)9-16/h6-8,16H,9H2,1-5H3. The number of hydrogen-bond acceptors (Lipinski definition) is 2. The Hall–Kier alpha value is -1.35. The second-order valence-electron chi connectivity index (χ2n) is 5.15. The topological polar surface area (TPSA) is 40.5 Å². The van der Waals surface area contributed by atoms with Gasteiger partial charge in [0.1, 0.15) is 0 Å². The molecular formula is C14H21NO2. The number of likely N-dealkylation sites (N-methyl/N-ethyl adjacent to an activating group) is 1. The molecule has 1 rings (SSSR count). The summed E-state index contributed by atoms with van der Waals surface area (Å²) in [5.41, 5.74) is 2.18. The van der Waals surface area contributed by atoms with Crippen LogP contribution in [0.3, 0.4) is 0 Å². The minimum absolute atomic E-state index is 0.0507. The summed E-state index contributed by atoms with van der Waals surface area (Å²) in [6.45, 7) is 7.52. The van der Waals surface area contributed by atoms with Gasteiger partial charge in [0.15, 0.2) is 0 Å². The molecule has 0 aliphatic heterocycles. The van der Waals surface area contributed by atoms with Gasteiger partial charge >= 0.3 is 0 Å². The van der Waals surface area contributed by atoms with Crippen LogP contribution in [-0.4, -0.2) is 35.1 Å². The van der Waals surface area contributed by atoms with Crippen molar-refractivity contribution in [2.24, 2.45) is 0 Å². The maximum absolute atomic E-state index is 12.3. The molecule has 1 aromatic carbocycles. The number of carbonyl (C=O) groups is 1. The lowest BCUT2D eigenvalue weighted by Crippen LogP contribution is -2.47. The third-order valence-electron chi connectivity index (χ3n) is 3.22. The molecule has 3 nitrogen and oxygen atoms in total. The zero-order valence-electron chi connectivity index (χ0n) is 11.2. The summed E-state index contributed by atoms with van der Waals surface area (Å²) >= 11 is 0. The number of carbonyl (C=O) groups excluding carboxylic acids is 1. The van der Waals surface area contributed by atoms with Crippen LogP contribution in [0.25, 0.3) is 0 Å². The van der Waals surface area contributed by atoms with Gasteiger partial charge in [-0.25, -0.2) is 0 Å². The molecule has 0 aromatic heterocycles. The molecule has 0 atom stereocenters.